The predicted molar refractivity (Wildman–Crippen MR) is 139 cm³/mol. The molecule has 172 valence electrons. The van der Waals surface area contributed by atoms with Gasteiger partial charge in [0.05, 0.1) is 22.8 Å². The quantitative estimate of drug-likeness (QED) is 0.554. The van der Waals surface area contributed by atoms with Crippen molar-refractivity contribution in [2.45, 2.75) is 0 Å². The van der Waals surface area contributed by atoms with Crippen molar-refractivity contribution in [3.05, 3.63) is 59.7 Å². The van der Waals surface area contributed by atoms with Gasteiger partial charge in [-0.05, 0) is 11.1 Å². The molecular formula is C24H24Cl2N4O2S. The number of amidine groups is 2. The Morgan fingerprint density at radius 2 is 1.00 bits per heavy atom. The molecule has 3 aromatic rings. The van der Waals surface area contributed by atoms with Crippen LogP contribution in [-0.4, -0.2) is 51.1 Å². The summed E-state index contributed by atoms with van der Waals surface area (Å²) in [5.41, 5.74) is 4.48. The summed E-state index contributed by atoms with van der Waals surface area (Å²) in [4.78, 5) is 11.2. The lowest BCUT2D eigenvalue weighted by Gasteiger charge is -2.17. The molecule has 3 aliphatic heterocycles. The zero-order valence-corrected chi connectivity index (χ0v) is 20.2. The second-order valence-electron chi connectivity index (χ2n) is 7.58. The average Bonchev–Trinajstić information content (AvgIpc) is 3.61. The maximum Gasteiger partial charge on any atom is 0.180 e. The van der Waals surface area contributed by atoms with E-state index in [-0.39, 0.29) is 24.8 Å². The minimum Gasteiger partial charge on any atom is -0.485 e. The van der Waals surface area contributed by atoms with E-state index in [1.165, 1.54) is 0 Å². The first-order valence-corrected chi connectivity index (χ1v) is 11.4. The molecular weight excluding hydrogens is 479 g/mol. The molecule has 2 N–H and O–H groups in total. The maximum atomic E-state index is 6.07. The van der Waals surface area contributed by atoms with Gasteiger partial charge in [-0.2, -0.15) is 0 Å². The summed E-state index contributed by atoms with van der Waals surface area (Å²) in [6, 6.07) is 17.0. The minimum atomic E-state index is 0. The molecule has 0 radical (unpaired) electrons. The number of hydrogen-bond acceptors (Lipinski definition) is 7. The Morgan fingerprint density at radius 3 is 1.36 bits per heavy atom. The standard InChI is InChI=1S/C24H22N4O2S.2ClH/c1-5-17(23-25-9-10-26-23)6-2-15(1)21-19-20(30-14-13-29-19)22(31-21)16-3-7-18(8-4-16)24-27-11-12-28-24;;/h1-8H,9-14H2,(H,25,26)(H,27,28);2*1H. The molecule has 1 aromatic heterocycles. The number of nitrogens with one attached hydrogen (secondary N) is 2. The van der Waals surface area contributed by atoms with E-state index in [0.717, 1.165) is 81.4 Å². The molecule has 33 heavy (non-hydrogen) atoms. The minimum absolute atomic E-state index is 0. The van der Waals surface area contributed by atoms with Gasteiger partial charge in [0.15, 0.2) is 11.5 Å². The third kappa shape index (κ3) is 4.40. The summed E-state index contributed by atoms with van der Waals surface area (Å²) in [5.74, 6) is 3.64. The molecule has 0 fully saturated rings. The van der Waals surface area contributed by atoms with Gasteiger partial charge in [0.25, 0.3) is 0 Å². The fourth-order valence-electron chi connectivity index (χ4n) is 4.07. The Hall–Kier alpha value is -2.74. The van der Waals surface area contributed by atoms with Crippen LogP contribution >= 0.6 is 36.2 Å². The lowest BCUT2D eigenvalue weighted by atomic mass is 10.1. The van der Waals surface area contributed by atoms with E-state index in [2.05, 4.69) is 69.1 Å². The van der Waals surface area contributed by atoms with Gasteiger partial charge in [-0.25, -0.2) is 0 Å². The second-order valence-corrected chi connectivity index (χ2v) is 8.61. The van der Waals surface area contributed by atoms with Gasteiger partial charge in [0, 0.05) is 24.2 Å². The van der Waals surface area contributed by atoms with Crippen LogP contribution in [0, 0.1) is 0 Å². The SMILES string of the molecule is Cl.Cl.c1cc(-c2sc(-c3ccc(C4=NCCN4)cc3)c3c2OCCO3)ccc1C1=NCCN1. The van der Waals surface area contributed by atoms with Crippen molar-refractivity contribution in [1.29, 1.82) is 0 Å². The first kappa shape index (κ1) is 23.4. The van der Waals surface area contributed by atoms with E-state index in [9.17, 15) is 0 Å². The Bertz CT molecular complexity index is 1100. The van der Waals surface area contributed by atoms with E-state index in [1.807, 2.05) is 0 Å². The first-order chi connectivity index (χ1) is 15.4. The van der Waals surface area contributed by atoms with Crippen molar-refractivity contribution in [3.63, 3.8) is 0 Å². The van der Waals surface area contributed by atoms with E-state index in [4.69, 9.17) is 9.47 Å². The number of fused-ring (bicyclic) bond motifs is 1. The van der Waals surface area contributed by atoms with Crippen LogP contribution in [0.25, 0.3) is 20.9 Å². The monoisotopic (exact) mass is 502 g/mol. The Morgan fingerprint density at radius 1 is 0.606 bits per heavy atom. The number of ether oxygens (including phenoxy) is 2. The zero-order valence-electron chi connectivity index (χ0n) is 17.8. The van der Waals surface area contributed by atoms with E-state index in [1.54, 1.807) is 11.3 Å². The number of aliphatic imine (C=N–C) groups is 2. The third-order valence-corrected chi connectivity index (χ3v) is 6.84. The van der Waals surface area contributed by atoms with Crippen LogP contribution in [-0.2, 0) is 0 Å². The highest BCUT2D eigenvalue weighted by atomic mass is 35.5. The highest BCUT2D eigenvalue weighted by Gasteiger charge is 2.26. The molecule has 6 nitrogen and oxygen atoms in total. The summed E-state index contributed by atoms with van der Waals surface area (Å²) in [6.45, 7) is 4.63. The number of nitrogens with zero attached hydrogens (tertiary/aromatic N) is 2. The number of rotatable bonds is 4. The molecule has 4 heterocycles. The second kappa shape index (κ2) is 10.0. The Labute approximate surface area is 209 Å². The van der Waals surface area contributed by atoms with Crippen LogP contribution in [0.2, 0.25) is 0 Å². The molecule has 2 aromatic carbocycles. The predicted octanol–water partition coefficient (Wildman–Crippen LogP) is 4.40. The largest absolute Gasteiger partial charge is 0.485 e. The van der Waals surface area contributed by atoms with Crippen LogP contribution in [0.4, 0.5) is 0 Å². The van der Waals surface area contributed by atoms with Crippen molar-refractivity contribution in [2.24, 2.45) is 9.98 Å². The van der Waals surface area contributed by atoms with Gasteiger partial charge in [0.2, 0.25) is 0 Å². The van der Waals surface area contributed by atoms with Crippen molar-refractivity contribution in [2.75, 3.05) is 39.4 Å². The van der Waals surface area contributed by atoms with Crippen LogP contribution < -0.4 is 20.1 Å². The Kier molecular flexibility index (Phi) is 7.12. The molecule has 6 rings (SSSR count). The van der Waals surface area contributed by atoms with Gasteiger partial charge in [-0.3, -0.25) is 9.98 Å². The van der Waals surface area contributed by atoms with Gasteiger partial charge >= 0.3 is 0 Å². The van der Waals surface area contributed by atoms with E-state index in [0.29, 0.717) is 13.2 Å². The molecule has 9 heteroatoms. The summed E-state index contributed by atoms with van der Waals surface area (Å²) < 4.78 is 12.1. The number of halogens is 2. The van der Waals surface area contributed by atoms with Crippen LogP contribution in [0.3, 0.4) is 0 Å². The lowest BCUT2D eigenvalue weighted by Crippen LogP contribution is -2.19. The number of thiophene rings is 1. The first-order valence-electron chi connectivity index (χ1n) is 10.6. The number of hydrogen-bond donors (Lipinski definition) is 2. The van der Waals surface area contributed by atoms with Gasteiger partial charge < -0.3 is 20.1 Å². The smallest absolute Gasteiger partial charge is 0.180 e. The Balaban J connectivity index is 0.00000130. The van der Waals surface area contributed by atoms with Crippen molar-refractivity contribution in [1.82, 2.24) is 10.6 Å². The molecule has 0 atom stereocenters. The molecule has 0 bridgehead atoms. The molecule has 0 aliphatic carbocycles. The maximum absolute atomic E-state index is 6.07. The third-order valence-electron chi connectivity index (χ3n) is 5.59. The summed E-state index contributed by atoms with van der Waals surface area (Å²) in [5, 5.41) is 6.65. The lowest BCUT2D eigenvalue weighted by molar-refractivity contribution is 0.175. The molecule has 0 unspecified atom stereocenters. The van der Waals surface area contributed by atoms with Crippen LogP contribution in [0.1, 0.15) is 11.1 Å². The number of benzene rings is 2. The van der Waals surface area contributed by atoms with Crippen molar-refractivity contribution in [3.8, 4) is 32.4 Å². The van der Waals surface area contributed by atoms with Gasteiger partial charge in [-0.15, -0.1) is 36.2 Å². The van der Waals surface area contributed by atoms with Crippen LogP contribution in [0.15, 0.2) is 58.5 Å². The van der Waals surface area contributed by atoms with E-state index >= 15 is 0 Å². The topological polar surface area (TPSA) is 67.2 Å². The van der Waals surface area contributed by atoms with Crippen molar-refractivity contribution < 1.29 is 9.47 Å². The molecule has 0 saturated carbocycles. The van der Waals surface area contributed by atoms with Gasteiger partial charge in [-0.1, -0.05) is 48.5 Å². The highest BCUT2D eigenvalue weighted by Crippen LogP contribution is 2.53. The molecule has 3 aliphatic rings. The highest BCUT2D eigenvalue weighted by molar-refractivity contribution is 7.19. The fourth-order valence-corrected chi connectivity index (χ4v) is 5.27. The average molecular weight is 503 g/mol. The van der Waals surface area contributed by atoms with Gasteiger partial charge in [0.1, 0.15) is 24.9 Å². The van der Waals surface area contributed by atoms with Crippen LogP contribution in [0.5, 0.6) is 11.5 Å². The van der Waals surface area contributed by atoms with Crippen molar-refractivity contribution >= 4 is 47.8 Å². The zero-order chi connectivity index (χ0) is 20.6. The normalized spacial score (nSPS) is 16.0. The summed E-state index contributed by atoms with van der Waals surface area (Å²) >= 11 is 1.72. The fraction of sp³-hybridized carbons (Fsp3) is 0.250. The summed E-state index contributed by atoms with van der Waals surface area (Å²) in [6.07, 6.45) is 0. The van der Waals surface area contributed by atoms with E-state index < -0.39 is 0 Å². The molecule has 0 spiro atoms. The molecule has 0 amide bonds. The molecule has 0 saturated heterocycles. The summed E-state index contributed by atoms with van der Waals surface area (Å²) in [7, 11) is 0.